The smallest absolute Gasteiger partial charge is 0.241 e. The van der Waals surface area contributed by atoms with Gasteiger partial charge < -0.3 is 19.9 Å². The van der Waals surface area contributed by atoms with Gasteiger partial charge >= 0.3 is 0 Å². The lowest BCUT2D eigenvalue weighted by Gasteiger charge is -2.37. The summed E-state index contributed by atoms with van der Waals surface area (Å²) < 4.78 is 0. The molecule has 1 aliphatic rings. The van der Waals surface area contributed by atoms with Crippen LogP contribution < -0.4 is 4.90 Å². The molecule has 1 fully saturated rings. The molecular weight excluding hydrogens is 424 g/mol. The van der Waals surface area contributed by atoms with Crippen LogP contribution in [0.4, 0.5) is 5.69 Å². The number of aromatic nitrogens is 1. The Morgan fingerprint density at radius 2 is 1.74 bits per heavy atom. The zero-order chi connectivity index (χ0) is 23.9. The quantitative estimate of drug-likeness (QED) is 0.461. The van der Waals surface area contributed by atoms with E-state index in [2.05, 4.69) is 34.8 Å². The highest BCUT2D eigenvalue weighted by molar-refractivity contribution is 5.95. The van der Waals surface area contributed by atoms with Crippen LogP contribution in [0.15, 0.2) is 54.7 Å². The highest BCUT2D eigenvalue weighted by Crippen LogP contribution is 2.24. The van der Waals surface area contributed by atoms with Crippen molar-refractivity contribution in [2.75, 3.05) is 44.2 Å². The van der Waals surface area contributed by atoms with Gasteiger partial charge in [-0.2, -0.15) is 0 Å². The molecule has 0 unspecified atom stereocenters. The predicted molar refractivity (Wildman–Crippen MR) is 139 cm³/mol. The van der Waals surface area contributed by atoms with E-state index in [1.807, 2.05) is 47.4 Å². The molecular formula is C28H38N4O2. The number of piperazine rings is 1. The third kappa shape index (κ3) is 5.80. The number of phenolic OH excluding ortho intramolecular Hbond substituents is 1. The van der Waals surface area contributed by atoms with Crippen molar-refractivity contribution in [3.05, 3.63) is 60.3 Å². The first-order valence-electron chi connectivity index (χ1n) is 12.7. The van der Waals surface area contributed by atoms with Crippen LogP contribution in [0.25, 0.3) is 10.9 Å². The van der Waals surface area contributed by atoms with Crippen LogP contribution in [0.3, 0.4) is 0 Å². The number of amides is 1. The summed E-state index contributed by atoms with van der Waals surface area (Å²) in [6.45, 7) is 9.71. The Bertz CT molecular complexity index is 1050. The minimum atomic E-state index is 0.205. The summed E-state index contributed by atoms with van der Waals surface area (Å²) in [7, 11) is 0. The number of benzene rings is 2. The Labute approximate surface area is 203 Å². The minimum absolute atomic E-state index is 0.205. The second-order valence-electron chi connectivity index (χ2n) is 9.33. The number of aromatic amines is 1. The molecule has 0 spiro atoms. The second-order valence-corrected chi connectivity index (χ2v) is 9.33. The lowest BCUT2D eigenvalue weighted by atomic mass is 10.1. The Kier molecular flexibility index (Phi) is 8.25. The molecule has 6 heteroatoms. The van der Waals surface area contributed by atoms with E-state index in [0.29, 0.717) is 12.3 Å². The Morgan fingerprint density at radius 1 is 1.03 bits per heavy atom. The molecule has 0 aliphatic carbocycles. The van der Waals surface area contributed by atoms with Crippen molar-refractivity contribution in [2.24, 2.45) is 0 Å². The molecule has 2 heterocycles. The van der Waals surface area contributed by atoms with Gasteiger partial charge in [0.05, 0.1) is 6.54 Å². The maximum absolute atomic E-state index is 13.3. The van der Waals surface area contributed by atoms with Crippen molar-refractivity contribution in [1.29, 1.82) is 0 Å². The topological polar surface area (TPSA) is 62.8 Å². The Hall–Kier alpha value is -2.83. The number of aryl methyl sites for hydroxylation is 1. The van der Waals surface area contributed by atoms with Gasteiger partial charge in [-0.05, 0) is 68.1 Å². The molecule has 34 heavy (non-hydrogen) atoms. The molecule has 0 radical (unpaired) electrons. The molecule has 1 amide bonds. The first-order valence-corrected chi connectivity index (χ1v) is 12.7. The number of H-pyrrole nitrogens is 1. The standard InChI is InChI=1S/C28H38N4O2/c1-3-23(4-2)32(24-10-6-5-7-11-24)28(34)21-31-17-15-30(16-18-31)14-8-9-22-20-29-27-13-12-25(33)19-26(22)27/h5-7,10-13,19-20,23,29,33H,3-4,8-9,14-18,21H2,1-2H3. The number of para-hydroxylation sites is 1. The largest absolute Gasteiger partial charge is 0.508 e. The monoisotopic (exact) mass is 462 g/mol. The van der Waals surface area contributed by atoms with Gasteiger partial charge in [-0.3, -0.25) is 9.69 Å². The third-order valence-corrected chi connectivity index (χ3v) is 7.11. The summed E-state index contributed by atoms with van der Waals surface area (Å²) in [5, 5.41) is 10.9. The fourth-order valence-electron chi connectivity index (χ4n) is 5.11. The first kappa shape index (κ1) is 24.3. The van der Waals surface area contributed by atoms with Crippen LogP contribution in [0.2, 0.25) is 0 Å². The van der Waals surface area contributed by atoms with Gasteiger partial charge in [0.2, 0.25) is 5.91 Å². The summed E-state index contributed by atoms with van der Waals surface area (Å²) in [6, 6.07) is 15.8. The van der Waals surface area contributed by atoms with Crippen LogP contribution in [-0.4, -0.2) is 71.1 Å². The van der Waals surface area contributed by atoms with Gasteiger partial charge in [-0.15, -0.1) is 0 Å². The number of carbonyl (C=O) groups is 1. The maximum Gasteiger partial charge on any atom is 0.241 e. The van der Waals surface area contributed by atoms with Crippen molar-refractivity contribution < 1.29 is 9.90 Å². The fourth-order valence-corrected chi connectivity index (χ4v) is 5.11. The minimum Gasteiger partial charge on any atom is -0.508 e. The van der Waals surface area contributed by atoms with Gasteiger partial charge in [0.25, 0.3) is 0 Å². The number of phenols is 1. The van der Waals surface area contributed by atoms with E-state index < -0.39 is 0 Å². The van der Waals surface area contributed by atoms with Crippen molar-refractivity contribution in [3.8, 4) is 5.75 Å². The SMILES string of the molecule is CCC(CC)N(C(=O)CN1CCN(CCCc2c[nH]c3ccc(O)cc23)CC1)c1ccccc1. The van der Waals surface area contributed by atoms with E-state index in [1.54, 1.807) is 6.07 Å². The van der Waals surface area contributed by atoms with Gasteiger partial charge in [0, 0.05) is 55.0 Å². The normalized spacial score (nSPS) is 15.3. The Morgan fingerprint density at radius 3 is 2.44 bits per heavy atom. The highest BCUT2D eigenvalue weighted by Gasteiger charge is 2.26. The molecule has 1 saturated heterocycles. The summed E-state index contributed by atoms with van der Waals surface area (Å²) >= 11 is 0. The highest BCUT2D eigenvalue weighted by atomic mass is 16.3. The predicted octanol–water partition coefficient (Wildman–Crippen LogP) is 4.65. The summed E-state index contributed by atoms with van der Waals surface area (Å²) in [5.41, 5.74) is 3.34. The number of fused-ring (bicyclic) bond motifs is 1. The van der Waals surface area contributed by atoms with E-state index in [0.717, 1.165) is 75.0 Å². The molecule has 0 saturated carbocycles. The molecule has 0 bridgehead atoms. The van der Waals surface area contributed by atoms with Crippen LogP contribution in [-0.2, 0) is 11.2 Å². The van der Waals surface area contributed by atoms with Crippen LogP contribution >= 0.6 is 0 Å². The van der Waals surface area contributed by atoms with Gasteiger partial charge in [0.15, 0.2) is 0 Å². The summed E-state index contributed by atoms with van der Waals surface area (Å²) in [6.07, 6.45) is 6.05. The Balaban J connectivity index is 1.26. The van der Waals surface area contributed by atoms with Crippen molar-refractivity contribution in [1.82, 2.24) is 14.8 Å². The number of aromatic hydroxyl groups is 1. The van der Waals surface area contributed by atoms with Crippen molar-refractivity contribution in [2.45, 2.75) is 45.6 Å². The molecule has 4 rings (SSSR count). The summed E-state index contributed by atoms with van der Waals surface area (Å²) in [5.74, 6) is 0.519. The lowest BCUT2D eigenvalue weighted by molar-refractivity contribution is -0.120. The van der Waals surface area contributed by atoms with Crippen LogP contribution in [0.5, 0.6) is 5.75 Å². The number of carbonyl (C=O) groups excluding carboxylic acids is 1. The lowest BCUT2D eigenvalue weighted by Crippen LogP contribution is -2.51. The molecule has 3 aromatic rings. The average Bonchev–Trinajstić information content (AvgIpc) is 3.26. The van der Waals surface area contributed by atoms with E-state index in [9.17, 15) is 9.90 Å². The average molecular weight is 463 g/mol. The van der Waals surface area contributed by atoms with Crippen molar-refractivity contribution >= 4 is 22.5 Å². The maximum atomic E-state index is 13.3. The zero-order valence-electron chi connectivity index (χ0n) is 20.5. The molecule has 1 aliphatic heterocycles. The molecule has 1 aromatic heterocycles. The summed E-state index contributed by atoms with van der Waals surface area (Å²) in [4.78, 5) is 23.5. The first-order chi connectivity index (χ1) is 16.6. The van der Waals surface area contributed by atoms with Crippen LogP contribution in [0.1, 0.15) is 38.7 Å². The number of nitrogens with one attached hydrogen (secondary N) is 1. The van der Waals surface area contributed by atoms with E-state index in [4.69, 9.17) is 0 Å². The number of hydrogen-bond donors (Lipinski definition) is 2. The number of nitrogens with zero attached hydrogens (tertiary/aromatic N) is 3. The van der Waals surface area contributed by atoms with Crippen molar-refractivity contribution in [3.63, 3.8) is 0 Å². The molecule has 6 nitrogen and oxygen atoms in total. The molecule has 2 aromatic carbocycles. The van der Waals surface area contributed by atoms with Crippen LogP contribution in [0, 0.1) is 0 Å². The van der Waals surface area contributed by atoms with Gasteiger partial charge in [0.1, 0.15) is 5.75 Å². The second kappa shape index (κ2) is 11.5. The number of hydrogen-bond acceptors (Lipinski definition) is 4. The van der Waals surface area contributed by atoms with Gasteiger partial charge in [-0.25, -0.2) is 0 Å². The van der Waals surface area contributed by atoms with E-state index >= 15 is 0 Å². The molecule has 182 valence electrons. The van der Waals surface area contributed by atoms with E-state index in [-0.39, 0.29) is 11.9 Å². The number of rotatable bonds is 10. The molecule has 0 atom stereocenters. The fraction of sp³-hybridized carbons (Fsp3) is 0.464. The third-order valence-electron chi connectivity index (χ3n) is 7.11. The number of anilines is 1. The molecule has 2 N–H and O–H groups in total. The van der Waals surface area contributed by atoms with E-state index in [1.165, 1.54) is 5.56 Å². The van der Waals surface area contributed by atoms with Gasteiger partial charge in [-0.1, -0.05) is 32.0 Å². The zero-order valence-corrected chi connectivity index (χ0v) is 20.5.